The summed E-state index contributed by atoms with van der Waals surface area (Å²) < 4.78 is 5.74. The molecule has 1 fully saturated rings. The Morgan fingerprint density at radius 1 is 1.21 bits per heavy atom. The molecule has 4 N–H and O–H groups in total. The van der Waals surface area contributed by atoms with E-state index in [1.807, 2.05) is 29.2 Å². The van der Waals surface area contributed by atoms with Crippen LogP contribution in [-0.2, 0) is 11.3 Å². The summed E-state index contributed by atoms with van der Waals surface area (Å²) in [5.41, 5.74) is 1.00. The van der Waals surface area contributed by atoms with Gasteiger partial charge in [-0.1, -0.05) is 12.1 Å². The van der Waals surface area contributed by atoms with Crippen LogP contribution in [0.1, 0.15) is 24.8 Å². The Morgan fingerprint density at radius 2 is 1.93 bits per heavy atom. The Morgan fingerprint density at radius 3 is 2.57 bits per heavy atom. The fourth-order valence-corrected chi connectivity index (χ4v) is 3.23. The molecule has 1 saturated heterocycles. The fraction of sp³-hybridized carbons (Fsp3) is 0.500. The maximum Gasteiger partial charge on any atom is 0.243 e. The van der Waals surface area contributed by atoms with Gasteiger partial charge in [-0.15, -0.1) is 0 Å². The first-order chi connectivity index (χ1) is 13.7. The summed E-state index contributed by atoms with van der Waals surface area (Å²) in [4.78, 5) is 16.1. The monoisotopic (exact) mass is 386 g/mol. The first kappa shape index (κ1) is 21.6. The van der Waals surface area contributed by atoms with Crippen LogP contribution in [0, 0.1) is 16.2 Å². The summed E-state index contributed by atoms with van der Waals surface area (Å²) >= 11 is 0. The molecule has 0 saturated carbocycles. The molecule has 28 heavy (non-hydrogen) atoms. The average molecular weight is 387 g/mol. The maximum atomic E-state index is 12.3. The molecular weight excluding hydrogens is 356 g/mol. The molecule has 8 heteroatoms. The molecule has 0 aliphatic carbocycles. The molecule has 1 aliphatic rings. The van der Waals surface area contributed by atoms with Crippen molar-refractivity contribution in [1.29, 1.82) is 16.2 Å². The van der Waals surface area contributed by atoms with Crippen molar-refractivity contribution in [2.45, 2.75) is 31.8 Å². The van der Waals surface area contributed by atoms with Gasteiger partial charge in [0.05, 0.1) is 12.9 Å². The number of likely N-dealkylation sites (tertiary alicyclic amines) is 1. The molecule has 1 amide bonds. The van der Waals surface area contributed by atoms with Gasteiger partial charge in [-0.05, 0) is 37.0 Å². The SMILES string of the molecule is N=CCN(CC=N)CCCOc1ccc(CNC(=O)[C@@H]2CCCN2C=N)cc1. The van der Waals surface area contributed by atoms with E-state index in [1.165, 1.54) is 18.8 Å². The van der Waals surface area contributed by atoms with Crippen molar-refractivity contribution in [2.24, 2.45) is 0 Å². The average Bonchev–Trinajstić information content (AvgIpc) is 3.19. The third kappa shape index (κ3) is 6.77. The normalized spacial score (nSPS) is 16.0. The summed E-state index contributed by atoms with van der Waals surface area (Å²) in [5, 5.41) is 24.6. The molecule has 8 nitrogen and oxygen atoms in total. The zero-order valence-corrected chi connectivity index (χ0v) is 16.2. The first-order valence-corrected chi connectivity index (χ1v) is 9.64. The highest BCUT2D eigenvalue weighted by Gasteiger charge is 2.28. The summed E-state index contributed by atoms with van der Waals surface area (Å²) in [6.07, 6.45) is 6.50. The standard InChI is InChI=1S/C20H30N6O2/c21-8-12-25(13-9-22)10-2-14-28-18-6-4-17(5-7-18)15-24-20(27)19-3-1-11-26(19)16-23/h4-9,16,19,21-23H,1-3,10-15H2,(H,24,27)/t19-/m0/s1. The first-order valence-electron chi connectivity index (χ1n) is 9.64. The lowest BCUT2D eigenvalue weighted by molar-refractivity contribution is -0.124. The predicted octanol–water partition coefficient (Wildman–Crippen LogP) is 1.74. The number of rotatable bonds is 13. The van der Waals surface area contributed by atoms with Crippen molar-refractivity contribution >= 4 is 24.7 Å². The minimum Gasteiger partial charge on any atom is -0.494 e. The molecule has 0 aromatic heterocycles. The second-order valence-corrected chi connectivity index (χ2v) is 6.76. The molecule has 1 aromatic carbocycles. The fourth-order valence-electron chi connectivity index (χ4n) is 3.23. The van der Waals surface area contributed by atoms with Crippen LogP contribution < -0.4 is 10.1 Å². The Bertz CT molecular complexity index is 639. The van der Waals surface area contributed by atoms with Gasteiger partial charge < -0.3 is 25.8 Å². The van der Waals surface area contributed by atoms with E-state index < -0.39 is 0 Å². The highest BCUT2D eigenvalue weighted by Crippen LogP contribution is 2.16. The van der Waals surface area contributed by atoms with Crippen molar-refractivity contribution in [1.82, 2.24) is 15.1 Å². The quantitative estimate of drug-likeness (QED) is 0.235. The minimum absolute atomic E-state index is 0.0271. The van der Waals surface area contributed by atoms with Crippen LogP contribution in [0.4, 0.5) is 0 Å². The Balaban J connectivity index is 1.69. The molecule has 1 atom stereocenters. The number of nitrogens with zero attached hydrogens (tertiary/aromatic N) is 2. The highest BCUT2D eigenvalue weighted by molar-refractivity contribution is 5.84. The third-order valence-electron chi connectivity index (χ3n) is 4.74. The number of amides is 1. The lowest BCUT2D eigenvalue weighted by Crippen LogP contribution is -2.42. The number of carbonyl (C=O) groups excluding carboxylic acids is 1. The molecule has 0 unspecified atom stereocenters. The van der Waals surface area contributed by atoms with E-state index in [0.717, 1.165) is 43.7 Å². The minimum atomic E-state index is -0.222. The molecule has 0 bridgehead atoms. The van der Waals surface area contributed by atoms with Gasteiger partial charge in [-0.2, -0.15) is 0 Å². The lowest BCUT2D eigenvalue weighted by Gasteiger charge is -2.20. The van der Waals surface area contributed by atoms with Gasteiger partial charge in [-0.3, -0.25) is 15.1 Å². The number of ether oxygens (including phenoxy) is 1. The van der Waals surface area contributed by atoms with Crippen LogP contribution in [0.2, 0.25) is 0 Å². The van der Waals surface area contributed by atoms with E-state index in [0.29, 0.717) is 26.2 Å². The molecule has 2 rings (SSSR count). The molecule has 1 heterocycles. The zero-order valence-electron chi connectivity index (χ0n) is 16.2. The highest BCUT2D eigenvalue weighted by atomic mass is 16.5. The van der Waals surface area contributed by atoms with Gasteiger partial charge in [0, 0.05) is 45.2 Å². The predicted molar refractivity (Wildman–Crippen MR) is 111 cm³/mol. The number of carbonyl (C=O) groups is 1. The van der Waals surface area contributed by atoms with Gasteiger partial charge >= 0.3 is 0 Å². The molecular formula is C20H30N6O2. The number of hydrogen-bond donors (Lipinski definition) is 4. The van der Waals surface area contributed by atoms with E-state index in [-0.39, 0.29) is 11.9 Å². The van der Waals surface area contributed by atoms with Crippen molar-refractivity contribution in [3.05, 3.63) is 29.8 Å². The van der Waals surface area contributed by atoms with Crippen molar-refractivity contribution < 1.29 is 9.53 Å². The summed E-state index contributed by atoms with van der Waals surface area (Å²) in [6.45, 7) is 3.69. The van der Waals surface area contributed by atoms with Gasteiger partial charge in [0.2, 0.25) is 5.91 Å². The lowest BCUT2D eigenvalue weighted by atomic mass is 10.2. The van der Waals surface area contributed by atoms with Crippen LogP contribution in [-0.4, -0.2) is 73.3 Å². The van der Waals surface area contributed by atoms with Gasteiger partial charge in [-0.25, -0.2) is 0 Å². The van der Waals surface area contributed by atoms with Crippen LogP contribution in [0.5, 0.6) is 5.75 Å². The second kappa shape index (κ2) is 11.9. The van der Waals surface area contributed by atoms with Gasteiger partial charge in [0.15, 0.2) is 0 Å². The zero-order chi connectivity index (χ0) is 20.2. The van der Waals surface area contributed by atoms with Crippen LogP contribution in [0.25, 0.3) is 0 Å². The summed E-state index contributed by atoms with van der Waals surface area (Å²) in [5.74, 6) is 0.757. The molecule has 0 spiro atoms. The van der Waals surface area contributed by atoms with Crippen molar-refractivity contribution in [3.8, 4) is 5.75 Å². The van der Waals surface area contributed by atoms with Gasteiger partial charge in [0.25, 0.3) is 0 Å². The number of nitrogens with one attached hydrogen (secondary N) is 4. The Hall–Kier alpha value is -2.74. The van der Waals surface area contributed by atoms with Crippen LogP contribution in [0.3, 0.4) is 0 Å². The molecule has 1 aliphatic heterocycles. The van der Waals surface area contributed by atoms with Crippen LogP contribution in [0.15, 0.2) is 24.3 Å². The van der Waals surface area contributed by atoms with E-state index >= 15 is 0 Å². The topological polar surface area (TPSA) is 116 Å². The summed E-state index contributed by atoms with van der Waals surface area (Å²) in [6, 6.07) is 7.45. The van der Waals surface area contributed by atoms with Crippen molar-refractivity contribution in [3.63, 3.8) is 0 Å². The number of hydrogen-bond acceptors (Lipinski definition) is 6. The third-order valence-corrected chi connectivity index (χ3v) is 4.74. The van der Waals surface area contributed by atoms with E-state index in [9.17, 15) is 4.79 Å². The molecule has 152 valence electrons. The van der Waals surface area contributed by atoms with E-state index in [1.54, 1.807) is 4.90 Å². The largest absolute Gasteiger partial charge is 0.494 e. The van der Waals surface area contributed by atoms with Gasteiger partial charge in [0.1, 0.15) is 11.8 Å². The smallest absolute Gasteiger partial charge is 0.243 e. The number of benzene rings is 1. The van der Waals surface area contributed by atoms with Crippen molar-refractivity contribution in [2.75, 3.05) is 32.8 Å². The maximum absolute atomic E-state index is 12.3. The second-order valence-electron chi connectivity index (χ2n) is 6.76. The Kier molecular flexibility index (Phi) is 9.14. The summed E-state index contributed by atoms with van der Waals surface area (Å²) in [7, 11) is 0. The van der Waals surface area contributed by atoms with Crippen LogP contribution >= 0.6 is 0 Å². The van der Waals surface area contributed by atoms with E-state index in [2.05, 4.69) is 5.32 Å². The Labute approximate surface area is 166 Å². The van der Waals surface area contributed by atoms with E-state index in [4.69, 9.17) is 21.0 Å². The molecule has 1 aromatic rings. The molecule has 0 radical (unpaired) electrons.